The van der Waals surface area contributed by atoms with E-state index in [1.807, 2.05) is 0 Å². The molecule has 0 amide bonds. The molecule has 11 heteroatoms. The van der Waals surface area contributed by atoms with E-state index in [9.17, 15) is 8.42 Å². The molecule has 2 N–H and O–H groups in total. The van der Waals surface area contributed by atoms with Crippen LogP contribution in [0.15, 0.2) is 35.4 Å². The first-order valence-corrected chi connectivity index (χ1v) is 11.9. The second-order valence-corrected chi connectivity index (χ2v) is 10.5. The summed E-state index contributed by atoms with van der Waals surface area (Å²) in [5.74, 6) is 0.440. The Balaban J connectivity index is 1.67. The van der Waals surface area contributed by atoms with Gasteiger partial charge in [0.25, 0.3) is 0 Å². The van der Waals surface area contributed by atoms with Gasteiger partial charge in [0, 0.05) is 17.8 Å². The van der Waals surface area contributed by atoms with Crippen LogP contribution in [0, 0.1) is 0 Å². The molecule has 0 bridgehead atoms. The van der Waals surface area contributed by atoms with Crippen LogP contribution in [0.25, 0.3) is 11.0 Å². The first kappa shape index (κ1) is 21.9. The minimum Gasteiger partial charge on any atom is -0.356 e. The van der Waals surface area contributed by atoms with Gasteiger partial charge in [0.1, 0.15) is 5.82 Å². The fourth-order valence-electron chi connectivity index (χ4n) is 3.46. The van der Waals surface area contributed by atoms with Gasteiger partial charge in [-0.3, -0.25) is 0 Å². The maximum Gasteiger partial charge on any atom is 0.241 e. The second-order valence-electron chi connectivity index (χ2n) is 8.50. The predicted molar refractivity (Wildman–Crippen MR) is 119 cm³/mol. The number of nitrogens with zero attached hydrogens (tertiary/aromatic N) is 4. The van der Waals surface area contributed by atoms with E-state index in [0.29, 0.717) is 29.1 Å². The third kappa shape index (κ3) is 4.98. The zero-order valence-electron chi connectivity index (χ0n) is 17.6. The summed E-state index contributed by atoms with van der Waals surface area (Å²) in [4.78, 5) is 8.78. The number of fused-ring (bicyclic) bond motifs is 1. The van der Waals surface area contributed by atoms with Crippen molar-refractivity contribution < 1.29 is 13.2 Å². The number of halogens is 1. The number of benzene rings is 1. The second kappa shape index (κ2) is 8.34. The van der Waals surface area contributed by atoms with Crippen LogP contribution in [0.3, 0.4) is 0 Å². The van der Waals surface area contributed by atoms with E-state index >= 15 is 0 Å². The van der Waals surface area contributed by atoms with Crippen LogP contribution in [-0.2, 0) is 14.8 Å². The maximum absolute atomic E-state index is 12.7. The van der Waals surface area contributed by atoms with Crippen molar-refractivity contribution in [3.63, 3.8) is 0 Å². The monoisotopic (exact) mass is 464 g/mol. The third-order valence-corrected chi connectivity index (χ3v) is 6.63. The molecular weight excluding hydrogens is 440 g/mol. The number of rotatable bonds is 5. The lowest BCUT2D eigenvalue weighted by atomic mass is 10.1. The molecule has 1 atom stereocenters. The van der Waals surface area contributed by atoms with Crippen molar-refractivity contribution in [3.05, 3.63) is 35.7 Å². The van der Waals surface area contributed by atoms with Crippen molar-refractivity contribution >= 4 is 44.2 Å². The molecule has 0 spiro atoms. The zero-order chi connectivity index (χ0) is 22.2. The number of hydrogen-bond donors (Lipinski definition) is 2. The van der Waals surface area contributed by atoms with Crippen LogP contribution in [0.5, 0.6) is 0 Å². The van der Waals surface area contributed by atoms with Crippen LogP contribution >= 0.6 is 11.6 Å². The van der Waals surface area contributed by atoms with E-state index < -0.39 is 15.6 Å². The predicted octanol–water partition coefficient (Wildman–Crippen LogP) is 4.00. The Morgan fingerprint density at radius 1 is 1.23 bits per heavy atom. The van der Waals surface area contributed by atoms with Crippen molar-refractivity contribution in [3.8, 4) is 0 Å². The minimum atomic E-state index is -3.68. The summed E-state index contributed by atoms with van der Waals surface area (Å²) in [6, 6.07) is 6.51. The Morgan fingerprint density at radius 2 is 2.03 bits per heavy atom. The molecule has 1 aromatic carbocycles. The Kier molecular flexibility index (Phi) is 5.91. The van der Waals surface area contributed by atoms with Gasteiger partial charge in [-0.2, -0.15) is 15.1 Å². The smallest absolute Gasteiger partial charge is 0.241 e. The molecule has 4 rings (SSSR count). The highest BCUT2D eigenvalue weighted by atomic mass is 35.5. The van der Waals surface area contributed by atoms with Gasteiger partial charge < -0.3 is 10.1 Å². The Labute approximate surface area is 186 Å². The molecule has 3 heterocycles. The molecule has 1 fully saturated rings. The summed E-state index contributed by atoms with van der Waals surface area (Å²) >= 11 is 6.18. The average molecular weight is 465 g/mol. The maximum atomic E-state index is 12.7. The Bertz CT molecular complexity index is 1200. The summed E-state index contributed by atoms with van der Waals surface area (Å²) in [7, 11) is -3.68. The van der Waals surface area contributed by atoms with Crippen molar-refractivity contribution in [2.45, 2.75) is 56.7 Å². The van der Waals surface area contributed by atoms with Crippen LogP contribution < -0.4 is 10.0 Å². The van der Waals surface area contributed by atoms with Gasteiger partial charge in [-0.15, -0.1) is 0 Å². The van der Waals surface area contributed by atoms with Crippen LogP contribution in [0.2, 0.25) is 5.28 Å². The lowest BCUT2D eigenvalue weighted by Gasteiger charge is -2.23. The number of aromatic nitrogens is 4. The van der Waals surface area contributed by atoms with E-state index in [1.54, 1.807) is 55.9 Å². The number of ether oxygens (including phenoxy) is 1. The molecule has 9 nitrogen and oxygen atoms in total. The summed E-state index contributed by atoms with van der Waals surface area (Å²) < 4.78 is 35.6. The first-order chi connectivity index (χ1) is 14.6. The summed E-state index contributed by atoms with van der Waals surface area (Å²) in [5.41, 5.74) is 0.520. The van der Waals surface area contributed by atoms with Gasteiger partial charge in [-0.25, -0.2) is 17.8 Å². The summed E-state index contributed by atoms with van der Waals surface area (Å²) in [5, 5.41) is 8.33. The molecule has 1 aliphatic rings. The van der Waals surface area contributed by atoms with Crippen molar-refractivity contribution in [2.75, 3.05) is 11.9 Å². The molecule has 1 saturated heterocycles. The van der Waals surface area contributed by atoms with Crippen molar-refractivity contribution in [1.82, 2.24) is 24.5 Å². The molecule has 0 radical (unpaired) electrons. The van der Waals surface area contributed by atoms with E-state index in [0.717, 1.165) is 19.3 Å². The topological polar surface area (TPSA) is 111 Å². The van der Waals surface area contributed by atoms with E-state index in [-0.39, 0.29) is 16.4 Å². The quantitative estimate of drug-likeness (QED) is 0.549. The van der Waals surface area contributed by atoms with Crippen LogP contribution in [-0.4, -0.2) is 40.3 Å². The lowest BCUT2D eigenvalue weighted by Crippen LogP contribution is -2.40. The summed E-state index contributed by atoms with van der Waals surface area (Å²) in [6.45, 7) is 6.06. The lowest BCUT2D eigenvalue weighted by molar-refractivity contribution is -0.0370. The Morgan fingerprint density at radius 3 is 2.74 bits per heavy atom. The molecule has 0 aliphatic carbocycles. The highest BCUT2D eigenvalue weighted by Crippen LogP contribution is 2.30. The van der Waals surface area contributed by atoms with E-state index in [2.05, 4.69) is 25.1 Å². The number of anilines is 2. The van der Waals surface area contributed by atoms with Gasteiger partial charge in [0.15, 0.2) is 11.9 Å². The van der Waals surface area contributed by atoms with Crippen LogP contribution in [0.4, 0.5) is 11.5 Å². The van der Waals surface area contributed by atoms with Crippen molar-refractivity contribution in [2.24, 2.45) is 0 Å². The normalized spacial score (nSPS) is 17.7. The molecule has 2 aromatic heterocycles. The van der Waals surface area contributed by atoms with Gasteiger partial charge in [-0.05, 0) is 69.8 Å². The zero-order valence-corrected chi connectivity index (χ0v) is 19.2. The third-order valence-electron chi connectivity index (χ3n) is 4.70. The highest BCUT2D eigenvalue weighted by Gasteiger charge is 2.23. The molecular formula is C20H25ClN6O3S. The standard InChI is InChI=1S/C20H25ClN6O3S/c1-20(2,3)26-31(28,29)14-8-6-7-13(11-14)23-17-15-12-22-27(16-9-4-5-10-30-16)18(15)25-19(21)24-17/h6-8,11-12,16,26H,4-5,9-10H2,1-3H3,(H,23,24,25). The van der Waals surface area contributed by atoms with Gasteiger partial charge in [0.05, 0.1) is 16.5 Å². The van der Waals surface area contributed by atoms with Crippen molar-refractivity contribution in [1.29, 1.82) is 0 Å². The van der Waals surface area contributed by atoms with E-state index in [4.69, 9.17) is 16.3 Å². The molecule has 0 saturated carbocycles. The van der Waals surface area contributed by atoms with Gasteiger partial charge >= 0.3 is 0 Å². The largest absolute Gasteiger partial charge is 0.356 e. The first-order valence-electron chi connectivity index (χ1n) is 10.1. The minimum absolute atomic E-state index is 0.0609. The average Bonchev–Trinajstić information content (AvgIpc) is 3.11. The molecule has 1 aliphatic heterocycles. The number of hydrogen-bond acceptors (Lipinski definition) is 7. The molecule has 31 heavy (non-hydrogen) atoms. The van der Waals surface area contributed by atoms with Gasteiger partial charge in [-0.1, -0.05) is 6.07 Å². The van der Waals surface area contributed by atoms with Gasteiger partial charge in [0.2, 0.25) is 15.3 Å². The van der Waals surface area contributed by atoms with E-state index in [1.165, 1.54) is 0 Å². The molecule has 1 unspecified atom stereocenters. The summed E-state index contributed by atoms with van der Waals surface area (Å²) in [6.07, 6.45) is 4.40. The fourth-order valence-corrected chi connectivity index (χ4v) is 5.09. The van der Waals surface area contributed by atoms with Crippen LogP contribution in [0.1, 0.15) is 46.3 Å². The number of sulfonamides is 1. The highest BCUT2D eigenvalue weighted by molar-refractivity contribution is 7.89. The Hall–Kier alpha value is -2.27. The molecule has 3 aromatic rings. The molecule has 166 valence electrons. The fraction of sp³-hybridized carbons (Fsp3) is 0.450. The number of nitrogens with one attached hydrogen (secondary N) is 2. The SMILES string of the molecule is CC(C)(C)NS(=O)(=O)c1cccc(Nc2nc(Cl)nc3c2cnn3C2CCCCO2)c1.